The summed E-state index contributed by atoms with van der Waals surface area (Å²) in [7, 11) is 0. The summed E-state index contributed by atoms with van der Waals surface area (Å²) in [5.41, 5.74) is 0.422. The zero-order valence-corrected chi connectivity index (χ0v) is 16.6. The van der Waals surface area contributed by atoms with Gasteiger partial charge in [-0.05, 0) is 50.8 Å². The molecule has 0 saturated carbocycles. The highest BCUT2D eigenvalue weighted by Gasteiger charge is 2.15. The molecule has 0 fully saturated rings. The van der Waals surface area contributed by atoms with Crippen LogP contribution in [0, 0.1) is 0 Å². The number of alkyl carbamates (subject to hydrolysis) is 1. The molecule has 0 aliphatic heterocycles. The molecule has 7 heteroatoms. The molecule has 27 heavy (non-hydrogen) atoms. The number of anilines is 1. The van der Waals surface area contributed by atoms with Crippen LogP contribution in [0.25, 0.3) is 21.6 Å². The van der Waals surface area contributed by atoms with Crippen molar-refractivity contribution in [3.8, 4) is 10.7 Å². The van der Waals surface area contributed by atoms with E-state index in [1.165, 1.54) is 0 Å². The summed E-state index contributed by atoms with van der Waals surface area (Å²) in [6.45, 7) is 6.75. The van der Waals surface area contributed by atoms with E-state index >= 15 is 0 Å². The molecule has 0 saturated heterocycles. The van der Waals surface area contributed by atoms with Crippen LogP contribution < -0.4 is 10.6 Å². The lowest BCUT2D eigenvalue weighted by Crippen LogP contribution is -2.33. The third-order valence-electron chi connectivity index (χ3n) is 3.66. The van der Waals surface area contributed by atoms with E-state index in [1.807, 2.05) is 62.5 Å². The first-order valence-corrected chi connectivity index (χ1v) is 9.82. The fraction of sp³-hybridized carbons (Fsp3) is 0.350. The molecular formula is C20H24N4O2S. The zero-order valence-electron chi connectivity index (χ0n) is 15.8. The standard InChI is InChI=1S/C20H24N4O2S/c1-20(2,3)26-19(25)22-12-7-11-21-17-14-8-4-5-9-15(14)23-18(24-17)16-10-6-13-27-16/h4-6,8-10,13H,7,11-12H2,1-3H3,(H,22,25)(H,21,23,24). The number of thiophene rings is 1. The van der Waals surface area contributed by atoms with Crippen LogP contribution in [0.4, 0.5) is 10.6 Å². The van der Waals surface area contributed by atoms with Crippen LogP contribution >= 0.6 is 11.3 Å². The van der Waals surface area contributed by atoms with Gasteiger partial charge in [-0.3, -0.25) is 0 Å². The highest BCUT2D eigenvalue weighted by atomic mass is 32.1. The number of ether oxygens (including phenoxy) is 1. The number of aromatic nitrogens is 2. The molecule has 0 radical (unpaired) electrons. The summed E-state index contributed by atoms with van der Waals surface area (Å²) in [6, 6.07) is 12.0. The first kappa shape index (κ1) is 19.1. The number of carbonyl (C=O) groups excluding carboxylic acids is 1. The van der Waals surface area contributed by atoms with Crippen LogP contribution in [0.3, 0.4) is 0 Å². The molecule has 2 heterocycles. The second kappa shape index (κ2) is 8.35. The summed E-state index contributed by atoms with van der Waals surface area (Å²) in [6.07, 6.45) is 0.362. The summed E-state index contributed by atoms with van der Waals surface area (Å²) >= 11 is 1.62. The van der Waals surface area contributed by atoms with Crippen LogP contribution in [-0.4, -0.2) is 34.8 Å². The first-order valence-electron chi connectivity index (χ1n) is 8.94. The van der Waals surface area contributed by atoms with Gasteiger partial charge in [0.1, 0.15) is 11.4 Å². The second-order valence-corrected chi connectivity index (χ2v) is 8.05. The van der Waals surface area contributed by atoms with Crippen molar-refractivity contribution in [3.63, 3.8) is 0 Å². The molecule has 2 aromatic heterocycles. The molecule has 1 aromatic carbocycles. The van der Waals surface area contributed by atoms with Gasteiger partial charge in [-0.15, -0.1) is 11.3 Å². The largest absolute Gasteiger partial charge is 0.444 e. The molecule has 3 rings (SSSR count). The Hall–Kier alpha value is -2.67. The van der Waals surface area contributed by atoms with Crippen LogP contribution in [0.2, 0.25) is 0 Å². The van der Waals surface area contributed by atoms with Gasteiger partial charge in [-0.2, -0.15) is 0 Å². The fourth-order valence-corrected chi connectivity index (χ4v) is 3.18. The van der Waals surface area contributed by atoms with E-state index in [0.717, 1.165) is 33.8 Å². The summed E-state index contributed by atoms with van der Waals surface area (Å²) < 4.78 is 5.23. The van der Waals surface area contributed by atoms with Crippen LogP contribution in [-0.2, 0) is 4.74 Å². The SMILES string of the molecule is CC(C)(C)OC(=O)NCCCNc1nc(-c2cccs2)nc2ccccc12. The van der Waals surface area contributed by atoms with Crippen molar-refractivity contribution in [2.45, 2.75) is 32.8 Å². The van der Waals surface area contributed by atoms with Gasteiger partial charge in [-0.25, -0.2) is 14.8 Å². The lowest BCUT2D eigenvalue weighted by atomic mass is 10.2. The zero-order chi connectivity index (χ0) is 19.3. The number of para-hydroxylation sites is 1. The highest BCUT2D eigenvalue weighted by molar-refractivity contribution is 7.13. The minimum atomic E-state index is -0.486. The van der Waals surface area contributed by atoms with Gasteiger partial charge < -0.3 is 15.4 Å². The smallest absolute Gasteiger partial charge is 0.407 e. The van der Waals surface area contributed by atoms with Crippen molar-refractivity contribution in [3.05, 3.63) is 41.8 Å². The predicted molar refractivity (Wildman–Crippen MR) is 110 cm³/mol. The molecule has 0 aliphatic rings. The minimum absolute atomic E-state index is 0.394. The molecular weight excluding hydrogens is 360 g/mol. The Bertz CT molecular complexity index is 904. The Morgan fingerprint density at radius 1 is 1.11 bits per heavy atom. The van der Waals surface area contributed by atoms with Gasteiger partial charge in [-0.1, -0.05) is 18.2 Å². The Morgan fingerprint density at radius 2 is 1.93 bits per heavy atom. The van der Waals surface area contributed by atoms with Crippen LogP contribution in [0.1, 0.15) is 27.2 Å². The summed E-state index contributed by atoms with van der Waals surface area (Å²) in [5, 5.41) is 9.14. The number of nitrogens with one attached hydrogen (secondary N) is 2. The van der Waals surface area contributed by atoms with Gasteiger partial charge in [0.05, 0.1) is 10.4 Å². The van der Waals surface area contributed by atoms with Crippen LogP contribution in [0.5, 0.6) is 0 Å². The monoisotopic (exact) mass is 384 g/mol. The maximum absolute atomic E-state index is 11.7. The molecule has 0 spiro atoms. The Morgan fingerprint density at radius 3 is 2.67 bits per heavy atom. The molecule has 6 nitrogen and oxygen atoms in total. The Labute approximate surface area is 163 Å². The number of rotatable bonds is 6. The molecule has 142 valence electrons. The fourth-order valence-electron chi connectivity index (χ4n) is 2.53. The van der Waals surface area contributed by atoms with Crippen molar-refractivity contribution in [2.24, 2.45) is 0 Å². The molecule has 1 amide bonds. The van der Waals surface area contributed by atoms with E-state index in [1.54, 1.807) is 11.3 Å². The normalized spacial score (nSPS) is 11.4. The van der Waals surface area contributed by atoms with Gasteiger partial charge in [0.25, 0.3) is 0 Å². The van der Waals surface area contributed by atoms with E-state index < -0.39 is 11.7 Å². The van der Waals surface area contributed by atoms with Gasteiger partial charge in [0.2, 0.25) is 0 Å². The highest BCUT2D eigenvalue weighted by Crippen LogP contribution is 2.27. The maximum atomic E-state index is 11.7. The van der Waals surface area contributed by atoms with E-state index in [0.29, 0.717) is 13.1 Å². The van der Waals surface area contributed by atoms with Gasteiger partial charge in [0, 0.05) is 18.5 Å². The summed E-state index contributed by atoms with van der Waals surface area (Å²) in [4.78, 5) is 22.1. The number of amides is 1. The minimum Gasteiger partial charge on any atom is -0.444 e. The van der Waals surface area contributed by atoms with Crippen molar-refractivity contribution in [1.29, 1.82) is 0 Å². The van der Waals surface area contributed by atoms with E-state index in [4.69, 9.17) is 9.72 Å². The Kier molecular flexibility index (Phi) is 5.91. The van der Waals surface area contributed by atoms with Crippen molar-refractivity contribution >= 4 is 34.2 Å². The molecule has 2 N–H and O–H groups in total. The Balaban J connectivity index is 1.62. The predicted octanol–water partition coefficient (Wildman–Crippen LogP) is 4.69. The lowest BCUT2D eigenvalue weighted by Gasteiger charge is -2.19. The van der Waals surface area contributed by atoms with Crippen molar-refractivity contribution in [2.75, 3.05) is 18.4 Å². The van der Waals surface area contributed by atoms with E-state index in [2.05, 4.69) is 15.6 Å². The maximum Gasteiger partial charge on any atom is 0.407 e. The van der Waals surface area contributed by atoms with Crippen molar-refractivity contribution < 1.29 is 9.53 Å². The quantitative estimate of drug-likeness (QED) is 0.603. The molecule has 0 aliphatic carbocycles. The van der Waals surface area contributed by atoms with Crippen molar-refractivity contribution in [1.82, 2.24) is 15.3 Å². The first-order chi connectivity index (χ1) is 12.9. The lowest BCUT2D eigenvalue weighted by molar-refractivity contribution is 0.0528. The second-order valence-electron chi connectivity index (χ2n) is 7.10. The third-order valence-corrected chi connectivity index (χ3v) is 4.52. The number of hydrogen-bond donors (Lipinski definition) is 2. The average Bonchev–Trinajstić information content (AvgIpc) is 3.14. The van der Waals surface area contributed by atoms with Crippen LogP contribution in [0.15, 0.2) is 41.8 Å². The van der Waals surface area contributed by atoms with Gasteiger partial charge >= 0.3 is 6.09 Å². The number of carbonyl (C=O) groups is 1. The topological polar surface area (TPSA) is 76.1 Å². The van der Waals surface area contributed by atoms with Gasteiger partial charge in [0.15, 0.2) is 5.82 Å². The number of hydrogen-bond acceptors (Lipinski definition) is 6. The average molecular weight is 385 g/mol. The van der Waals surface area contributed by atoms with E-state index in [9.17, 15) is 4.79 Å². The molecule has 0 atom stereocenters. The number of fused-ring (bicyclic) bond motifs is 1. The third kappa shape index (κ3) is 5.40. The summed E-state index contributed by atoms with van der Waals surface area (Å²) in [5.74, 6) is 1.53. The molecule has 3 aromatic rings. The number of benzene rings is 1. The molecule has 0 unspecified atom stereocenters. The molecule has 0 bridgehead atoms. The number of nitrogens with zero attached hydrogens (tertiary/aromatic N) is 2. The van der Waals surface area contributed by atoms with E-state index in [-0.39, 0.29) is 0 Å².